The third-order valence-electron chi connectivity index (χ3n) is 12.7. The maximum absolute atomic E-state index is 5.47. The van der Waals surface area contributed by atoms with Crippen molar-refractivity contribution in [1.29, 1.82) is 0 Å². The standard InChI is InChI=1S/C36H48N4.2C6H18NSi2.2Sm/c1-9-33(10-2)25-17-19-27(37-25)34(11-3,12-4)29-21-23-31(39-29)36(15-7,16-8)32-24-22-30(40-32)35(13-5,14-6)28-20-18-26(33)38-28;2*1-8(2,3)7-9(4,5)6;;/h17-24H,9-16H2,1-8H3;2*1-6H3;;/q-4;2*-1;2*+3. The van der Waals surface area contributed by atoms with Crippen molar-refractivity contribution in [1.82, 2.24) is 19.9 Å². The van der Waals surface area contributed by atoms with Gasteiger partial charge in [-0.05, 0) is 73.0 Å². The Morgan fingerprint density at radius 3 is 0.483 bits per heavy atom. The van der Waals surface area contributed by atoms with Crippen LogP contribution in [0.4, 0.5) is 0 Å². The third-order valence-corrected chi connectivity index (χ3v) is 23.4. The minimum Gasteiger partial charge on any atom is -0.668 e. The second-order valence-corrected chi connectivity index (χ2v) is 40.1. The first kappa shape index (κ1) is 58.6. The molecule has 0 saturated carbocycles. The average Bonchev–Trinajstić information content (AvgIpc) is 3.95. The van der Waals surface area contributed by atoms with Gasteiger partial charge in [0.05, 0.1) is 0 Å². The van der Waals surface area contributed by atoms with E-state index in [-0.39, 0.29) is 102 Å². The molecule has 6 nitrogen and oxygen atoms in total. The third kappa shape index (κ3) is 13.4. The molecule has 60 heavy (non-hydrogen) atoms. The summed E-state index contributed by atoms with van der Waals surface area (Å²) in [5, 5.41) is 0. The van der Waals surface area contributed by atoms with Crippen LogP contribution in [0.15, 0.2) is 48.5 Å². The molecule has 0 atom stereocenters. The summed E-state index contributed by atoms with van der Waals surface area (Å²) in [6.07, 6.45) is 7.67. The number of fused-ring (bicyclic) bond motifs is 8. The molecule has 5 heterocycles. The topological polar surface area (TPSA) is 84.6 Å². The molecule has 0 N–H and O–H groups in total. The Morgan fingerprint density at radius 1 is 0.300 bits per heavy atom. The summed E-state index contributed by atoms with van der Waals surface area (Å²) in [6, 6.07) is 18.2. The fraction of sp³-hybridized carbons (Fsp3) is 0.667. The molecule has 0 aliphatic carbocycles. The van der Waals surface area contributed by atoms with E-state index in [4.69, 9.17) is 29.2 Å². The Kier molecular flexibility index (Phi) is 22.3. The molecule has 4 aromatic heterocycles. The Morgan fingerprint density at radius 2 is 0.417 bits per heavy atom. The molecular weight excluding hydrogens is 1070 g/mol. The molecule has 0 unspecified atom stereocenters. The Balaban J connectivity index is 0.000000754. The Labute approximate surface area is 438 Å². The monoisotopic (exact) mass is 1160 g/mol. The molecular formula is C48H84N6Si4Sm2. The van der Waals surface area contributed by atoms with Crippen LogP contribution in [-0.4, -0.2) is 32.9 Å². The first-order valence-corrected chi connectivity index (χ1v) is 36.6. The minimum absolute atomic E-state index is 0. The molecule has 5 rings (SSSR count). The summed E-state index contributed by atoms with van der Waals surface area (Å²) >= 11 is 0. The average molecular weight is 1160 g/mol. The first-order chi connectivity index (χ1) is 26.7. The van der Waals surface area contributed by atoms with E-state index >= 15 is 0 Å². The van der Waals surface area contributed by atoms with E-state index < -0.39 is 32.9 Å². The number of nitrogens with zero attached hydrogens (tertiary/aromatic N) is 6. The minimum atomic E-state index is -1.11. The van der Waals surface area contributed by atoms with Gasteiger partial charge < -0.3 is 29.2 Å². The SMILES string of the molecule is CCC1(CC)c2ccc([n-]2)C(CC)(CC)c2ccc([n-]2)C(CC)(CC)c2ccc([n-]2)C(CC)(CC)c2ccc1[n-]2.C[Si](C)(C)[N-][Si](C)(C)C.C[Si](C)(C)[N-][Si](C)(C)C.[Sm+3].[Sm+3]. The van der Waals surface area contributed by atoms with E-state index in [1.54, 1.807) is 0 Å². The summed E-state index contributed by atoms with van der Waals surface area (Å²) in [5.74, 6) is 0. The van der Waals surface area contributed by atoms with Crippen molar-refractivity contribution in [3.8, 4) is 0 Å². The second-order valence-electron chi connectivity index (χ2n) is 20.9. The molecule has 0 amide bonds. The molecule has 1 aliphatic heterocycles. The van der Waals surface area contributed by atoms with Gasteiger partial charge in [0.15, 0.2) is 0 Å². The normalized spacial score (nSPS) is 16.6. The largest absolute Gasteiger partial charge is 3.00 e. The van der Waals surface area contributed by atoms with Gasteiger partial charge in [0.2, 0.25) is 0 Å². The predicted octanol–water partition coefficient (Wildman–Crippen LogP) is 14.3. The van der Waals surface area contributed by atoms with Gasteiger partial charge in [0.1, 0.15) is 0 Å². The van der Waals surface area contributed by atoms with Crippen molar-refractivity contribution in [3.63, 3.8) is 0 Å². The van der Waals surface area contributed by atoms with Gasteiger partial charge >= 0.3 is 80.8 Å². The van der Waals surface area contributed by atoms with Crippen molar-refractivity contribution in [3.05, 3.63) is 103 Å². The zero-order valence-electron chi connectivity index (χ0n) is 41.8. The van der Waals surface area contributed by atoms with Gasteiger partial charge in [-0.1, -0.05) is 215 Å². The maximum Gasteiger partial charge on any atom is 3.00 e. The summed E-state index contributed by atoms with van der Waals surface area (Å²) in [6.45, 7) is 45.9. The van der Waals surface area contributed by atoms with E-state index in [0.717, 1.165) is 96.9 Å². The molecule has 12 heteroatoms. The van der Waals surface area contributed by atoms with E-state index in [2.05, 4.69) is 182 Å². The summed E-state index contributed by atoms with van der Waals surface area (Å²) in [7, 11) is -4.42. The van der Waals surface area contributed by atoms with Crippen molar-refractivity contribution in [2.45, 2.75) is 207 Å². The molecule has 1 aliphatic rings. The van der Waals surface area contributed by atoms with Gasteiger partial charge in [-0.25, -0.2) is 0 Å². The smallest absolute Gasteiger partial charge is 0.668 e. The van der Waals surface area contributed by atoms with Gasteiger partial charge in [-0.2, -0.15) is 45.6 Å². The van der Waals surface area contributed by atoms with E-state index in [1.165, 1.54) is 0 Å². The van der Waals surface area contributed by atoms with E-state index in [9.17, 15) is 0 Å². The van der Waals surface area contributed by atoms with Gasteiger partial charge in [0.25, 0.3) is 0 Å². The summed E-state index contributed by atoms with van der Waals surface area (Å²) in [5.41, 5.74) is 8.28. The fourth-order valence-electron chi connectivity index (χ4n) is 10.0. The van der Waals surface area contributed by atoms with Gasteiger partial charge in [-0.3, -0.25) is 0 Å². The van der Waals surface area contributed by atoms with Crippen molar-refractivity contribution < 1.29 is 80.8 Å². The predicted molar refractivity (Wildman–Crippen MR) is 265 cm³/mol. The van der Waals surface area contributed by atoms with Crippen LogP contribution in [0.1, 0.15) is 152 Å². The van der Waals surface area contributed by atoms with Crippen LogP contribution in [0, 0.1) is 80.8 Å². The van der Waals surface area contributed by atoms with Crippen LogP contribution in [0.3, 0.4) is 0 Å². The van der Waals surface area contributed by atoms with E-state index in [0.29, 0.717) is 0 Å². The zero-order valence-corrected chi connectivity index (χ0v) is 51.0. The Bertz CT molecular complexity index is 1500. The van der Waals surface area contributed by atoms with Crippen LogP contribution in [0.5, 0.6) is 0 Å². The van der Waals surface area contributed by atoms with Crippen molar-refractivity contribution in [2.75, 3.05) is 0 Å². The molecule has 8 bridgehead atoms. The molecule has 4 aromatic rings. The number of hydrogen-bond donors (Lipinski definition) is 0. The van der Waals surface area contributed by atoms with Crippen LogP contribution < -0.4 is 19.9 Å². The van der Waals surface area contributed by atoms with Gasteiger partial charge in [-0.15, -0.1) is 0 Å². The van der Waals surface area contributed by atoms with Crippen LogP contribution in [-0.2, 0) is 21.7 Å². The van der Waals surface area contributed by atoms with Gasteiger partial charge in [0, 0.05) is 0 Å². The molecule has 0 saturated heterocycles. The quantitative estimate of drug-likeness (QED) is 0.132. The van der Waals surface area contributed by atoms with Crippen LogP contribution in [0.2, 0.25) is 78.6 Å². The van der Waals surface area contributed by atoms with Crippen LogP contribution >= 0.6 is 0 Å². The van der Waals surface area contributed by atoms with E-state index in [1.807, 2.05) is 0 Å². The van der Waals surface area contributed by atoms with Crippen molar-refractivity contribution >= 4 is 32.9 Å². The van der Waals surface area contributed by atoms with Crippen LogP contribution in [0.25, 0.3) is 9.30 Å². The number of hydrogen-bond acceptors (Lipinski definition) is 0. The molecule has 2 radical (unpaired) electrons. The maximum atomic E-state index is 5.47. The fourth-order valence-corrected chi connectivity index (χ4v) is 26.1. The first-order valence-electron chi connectivity index (χ1n) is 22.8. The Hall–Kier alpha value is 0.583. The number of aromatic nitrogens is 4. The molecule has 334 valence electrons. The second kappa shape index (κ2) is 22.9. The summed E-state index contributed by atoms with van der Waals surface area (Å²) in [4.78, 5) is 21.9. The molecule has 0 fully saturated rings. The zero-order chi connectivity index (χ0) is 44.2. The number of rotatable bonds is 12. The molecule has 0 aromatic carbocycles. The molecule has 0 spiro atoms. The van der Waals surface area contributed by atoms with Crippen molar-refractivity contribution in [2.24, 2.45) is 0 Å². The summed E-state index contributed by atoms with van der Waals surface area (Å²) < 4.78 is 9.64.